The van der Waals surface area contributed by atoms with Gasteiger partial charge in [0.25, 0.3) is 5.91 Å². The van der Waals surface area contributed by atoms with Gasteiger partial charge in [0.1, 0.15) is 11.5 Å². The van der Waals surface area contributed by atoms with Crippen molar-refractivity contribution in [2.24, 2.45) is 0 Å². The maximum absolute atomic E-state index is 13.3. The molecule has 0 bridgehead atoms. The summed E-state index contributed by atoms with van der Waals surface area (Å²) >= 11 is 0. The fourth-order valence-electron chi connectivity index (χ4n) is 5.18. The van der Waals surface area contributed by atoms with E-state index >= 15 is 0 Å². The van der Waals surface area contributed by atoms with Crippen molar-refractivity contribution in [1.29, 1.82) is 0 Å². The first-order valence-corrected chi connectivity index (χ1v) is 11.0. The quantitative estimate of drug-likeness (QED) is 0.636. The van der Waals surface area contributed by atoms with Crippen LogP contribution < -0.4 is 0 Å². The van der Waals surface area contributed by atoms with Crippen LogP contribution in [0.3, 0.4) is 0 Å². The van der Waals surface area contributed by atoms with Crippen molar-refractivity contribution in [3.63, 3.8) is 0 Å². The summed E-state index contributed by atoms with van der Waals surface area (Å²) < 4.78 is 39.2. The third-order valence-corrected chi connectivity index (χ3v) is 6.96. The number of carbonyl (C=O) groups is 1. The first-order chi connectivity index (χ1) is 16.6. The van der Waals surface area contributed by atoms with E-state index in [0.717, 1.165) is 41.1 Å². The van der Waals surface area contributed by atoms with E-state index in [0.29, 0.717) is 17.0 Å². The highest BCUT2D eigenvalue weighted by atomic mass is 19.1. The minimum Gasteiger partial charge on any atom is -0.388 e. The van der Waals surface area contributed by atoms with Gasteiger partial charge in [-0.05, 0) is 77.6 Å². The van der Waals surface area contributed by atoms with Crippen LogP contribution in [0.2, 0.25) is 0 Å². The van der Waals surface area contributed by atoms with Crippen LogP contribution in [-0.4, -0.2) is 33.9 Å². The number of rotatable bonds is 3. The molecule has 1 aromatic heterocycles. The zero-order valence-corrected chi connectivity index (χ0v) is 17.5. The second-order valence-electron chi connectivity index (χ2n) is 9.11. The maximum Gasteiger partial charge on any atom is 0.272 e. The fourth-order valence-corrected chi connectivity index (χ4v) is 5.18. The number of hydrogen-bond donors (Lipinski definition) is 1. The van der Waals surface area contributed by atoms with Gasteiger partial charge in [0.2, 0.25) is 0 Å². The van der Waals surface area contributed by atoms with Gasteiger partial charge in [-0.25, -0.2) is 9.37 Å². The summed E-state index contributed by atoms with van der Waals surface area (Å²) in [6.07, 6.45) is 1.30. The molecule has 3 aliphatic rings. The molecule has 1 saturated carbocycles. The summed E-state index contributed by atoms with van der Waals surface area (Å²) in [6, 6.07) is 16.3. The van der Waals surface area contributed by atoms with Crippen LogP contribution in [0.5, 0.6) is 0 Å². The smallest absolute Gasteiger partial charge is 0.272 e. The molecule has 5 heteroatoms. The van der Waals surface area contributed by atoms with E-state index in [-0.39, 0.29) is 25.1 Å². The first-order valence-electron chi connectivity index (χ1n) is 12.5. The maximum atomic E-state index is 13.3. The van der Waals surface area contributed by atoms with E-state index in [1.54, 1.807) is 0 Å². The molecule has 2 heterocycles. The minimum absolute atomic E-state index is 0.00406. The van der Waals surface area contributed by atoms with Gasteiger partial charge in [0.05, 0.1) is 13.6 Å². The summed E-state index contributed by atoms with van der Waals surface area (Å²) in [5.74, 6) is -0.670. The zero-order valence-electron chi connectivity index (χ0n) is 20.5. The average Bonchev–Trinajstić information content (AvgIpc) is 3.59. The Morgan fingerprint density at radius 1 is 1.19 bits per heavy atom. The molecule has 162 valence electrons. The third kappa shape index (κ3) is 3.15. The molecule has 1 spiro atoms. The van der Waals surface area contributed by atoms with Crippen molar-refractivity contribution in [3.05, 3.63) is 89.0 Å². The van der Waals surface area contributed by atoms with E-state index < -0.39 is 29.7 Å². The predicted octanol–water partition coefficient (Wildman–Crippen LogP) is 4.99. The Bertz CT molecular complexity index is 1340. The lowest BCUT2D eigenvalue weighted by Gasteiger charge is -2.25. The lowest BCUT2D eigenvalue weighted by atomic mass is 9.80. The molecule has 3 aromatic rings. The Kier molecular flexibility index (Phi) is 3.75. The highest BCUT2D eigenvalue weighted by Crippen LogP contribution is 2.52. The second kappa shape index (κ2) is 7.24. The topological polar surface area (TPSA) is 53.4 Å². The number of benzene rings is 2. The molecule has 2 atom stereocenters. The third-order valence-electron chi connectivity index (χ3n) is 6.96. The number of likely N-dealkylation sites (tertiary alicyclic amines) is 1. The summed E-state index contributed by atoms with van der Waals surface area (Å²) in [6.45, 7) is -2.01. The molecule has 1 amide bonds. The number of halogens is 1. The van der Waals surface area contributed by atoms with Crippen LogP contribution in [0.4, 0.5) is 4.39 Å². The summed E-state index contributed by atoms with van der Waals surface area (Å²) in [4.78, 5) is 18.1. The summed E-state index contributed by atoms with van der Waals surface area (Å²) in [5.41, 5.74) is 3.51. The molecular formula is C27H25FN2O2. The van der Waals surface area contributed by atoms with Gasteiger partial charge >= 0.3 is 0 Å². The number of nitrogens with zero attached hydrogens (tertiary/aromatic N) is 2. The Morgan fingerprint density at radius 3 is 2.81 bits per heavy atom. The van der Waals surface area contributed by atoms with E-state index in [1.807, 2.05) is 30.3 Å². The highest BCUT2D eigenvalue weighted by molar-refractivity contribution is 5.92. The van der Waals surface area contributed by atoms with Crippen molar-refractivity contribution < 1.29 is 18.4 Å². The normalized spacial score (nSPS) is 29.4. The highest BCUT2D eigenvalue weighted by Gasteiger charge is 2.48. The van der Waals surface area contributed by atoms with Crippen LogP contribution in [0, 0.1) is 5.82 Å². The Labute approximate surface area is 190 Å². The molecular weight excluding hydrogens is 403 g/mol. The van der Waals surface area contributed by atoms with Gasteiger partial charge in [-0.15, -0.1) is 0 Å². The lowest BCUT2D eigenvalue weighted by Crippen LogP contribution is -2.33. The lowest BCUT2D eigenvalue weighted by molar-refractivity contribution is 0.0770. The molecule has 32 heavy (non-hydrogen) atoms. The van der Waals surface area contributed by atoms with Crippen LogP contribution in [0.1, 0.15) is 69.0 Å². The fraction of sp³-hybridized carbons (Fsp3) is 0.333. The molecule has 0 radical (unpaired) electrons. The van der Waals surface area contributed by atoms with Crippen molar-refractivity contribution in [3.8, 4) is 11.1 Å². The van der Waals surface area contributed by atoms with Crippen LogP contribution in [-0.2, 0) is 5.41 Å². The first kappa shape index (κ1) is 16.6. The van der Waals surface area contributed by atoms with Crippen molar-refractivity contribution in [2.75, 3.05) is 13.0 Å². The number of pyridine rings is 1. The van der Waals surface area contributed by atoms with Gasteiger partial charge in [-0.1, -0.05) is 36.4 Å². The molecule has 1 aliphatic heterocycles. The van der Waals surface area contributed by atoms with Crippen molar-refractivity contribution in [2.45, 2.75) is 43.1 Å². The molecule has 2 unspecified atom stereocenters. The molecule has 2 fully saturated rings. The number of aliphatic hydroxyl groups is 1. The Balaban J connectivity index is 1.39. The van der Waals surface area contributed by atoms with Gasteiger partial charge in [0.15, 0.2) is 0 Å². The number of amides is 1. The Hall–Kier alpha value is -3.05. The molecule has 1 saturated heterocycles. The molecule has 1 N–H and O–H groups in total. The second-order valence-corrected chi connectivity index (χ2v) is 9.11. The van der Waals surface area contributed by atoms with Crippen LogP contribution in [0.25, 0.3) is 11.1 Å². The summed E-state index contributed by atoms with van der Waals surface area (Å²) in [7, 11) is 0. The summed E-state index contributed by atoms with van der Waals surface area (Å²) in [5, 5.41) is 11.2. The van der Waals surface area contributed by atoms with Gasteiger partial charge < -0.3 is 10.0 Å². The van der Waals surface area contributed by atoms with Crippen LogP contribution >= 0.6 is 0 Å². The molecule has 4 nitrogen and oxygen atoms in total. The number of hydrogen-bond acceptors (Lipinski definition) is 3. The largest absolute Gasteiger partial charge is 0.388 e. The SMILES string of the molecule is [2H]C1(O)CC2(CN(C(=O)c3ccc(F)cn3)C([2H])([2H])C2)c2ccc(-c3ccccc3C3CC3)cc21. The van der Waals surface area contributed by atoms with E-state index in [2.05, 4.69) is 17.1 Å². The van der Waals surface area contributed by atoms with Crippen molar-refractivity contribution in [1.82, 2.24) is 9.88 Å². The van der Waals surface area contributed by atoms with E-state index in [1.165, 1.54) is 11.6 Å². The predicted molar refractivity (Wildman–Crippen MR) is 120 cm³/mol. The monoisotopic (exact) mass is 431 g/mol. The van der Waals surface area contributed by atoms with Crippen LogP contribution in [0.15, 0.2) is 60.8 Å². The number of aromatic nitrogens is 1. The van der Waals surface area contributed by atoms with E-state index in [4.69, 9.17) is 4.11 Å². The molecule has 2 aromatic carbocycles. The van der Waals surface area contributed by atoms with Gasteiger partial charge in [-0.2, -0.15) is 0 Å². The standard InChI is InChI=1S/C27H25FN2O2/c28-19-8-10-24(29-15-19)26(32)30-12-11-27(16-30)14-25(31)22-13-18(7-9-23(22)27)21-4-2-1-3-20(21)17-5-6-17/h1-4,7-10,13,15,17,25,31H,5-6,11-12,14,16H2/i12D2,25D. The van der Waals surface area contributed by atoms with Gasteiger partial charge in [-0.3, -0.25) is 4.79 Å². The van der Waals surface area contributed by atoms with Crippen molar-refractivity contribution >= 4 is 5.91 Å². The molecule has 6 rings (SSSR count). The Morgan fingerprint density at radius 2 is 2.03 bits per heavy atom. The zero-order chi connectivity index (χ0) is 24.6. The van der Waals surface area contributed by atoms with Gasteiger partial charge in [0, 0.05) is 21.2 Å². The van der Waals surface area contributed by atoms with E-state index in [9.17, 15) is 14.3 Å². The molecule has 2 aliphatic carbocycles. The minimum atomic E-state index is -2.01. The number of fused-ring (bicyclic) bond motifs is 2. The number of carbonyl (C=O) groups excluding carboxylic acids is 1. The average molecular weight is 432 g/mol.